The molecule has 1 amide bonds. The van der Waals surface area contributed by atoms with Gasteiger partial charge in [-0.3, -0.25) is 4.79 Å². The molecule has 0 saturated carbocycles. The third-order valence-corrected chi connectivity index (χ3v) is 3.79. The van der Waals surface area contributed by atoms with E-state index in [2.05, 4.69) is 22.8 Å². The molecular weight excluding hydrogens is 212 g/mol. The number of anilines is 1. The summed E-state index contributed by atoms with van der Waals surface area (Å²) in [6, 6.07) is 6.23. The number of rotatable bonds is 2. The second kappa shape index (κ2) is 4.49. The summed E-state index contributed by atoms with van der Waals surface area (Å²) in [7, 11) is 0. The van der Waals surface area contributed by atoms with Gasteiger partial charge < -0.3 is 10.6 Å². The molecule has 0 radical (unpaired) electrons. The van der Waals surface area contributed by atoms with Crippen LogP contribution in [0, 0.1) is 5.92 Å². The molecule has 0 aromatic heterocycles. The third-order valence-electron chi connectivity index (χ3n) is 3.79. The van der Waals surface area contributed by atoms with Crippen molar-refractivity contribution in [1.29, 1.82) is 0 Å². The van der Waals surface area contributed by atoms with Crippen LogP contribution in [0.2, 0.25) is 0 Å². The highest BCUT2D eigenvalue weighted by molar-refractivity contribution is 5.99. The Morgan fingerprint density at radius 1 is 1.35 bits per heavy atom. The summed E-state index contributed by atoms with van der Waals surface area (Å²) in [5, 5.41) is 6.37. The topological polar surface area (TPSA) is 41.1 Å². The average Bonchev–Trinajstić information content (AvgIpc) is 2.72. The zero-order valence-electron chi connectivity index (χ0n) is 9.96. The highest BCUT2D eigenvalue weighted by Crippen LogP contribution is 2.28. The molecule has 2 aliphatic heterocycles. The van der Waals surface area contributed by atoms with Crippen molar-refractivity contribution in [2.24, 2.45) is 5.92 Å². The maximum atomic E-state index is 11.4. The van der Waals surface area contributed by atoms with Gasteiger partial charge in [-0.2, -0.15) is 0 Å². The minimum Gasteiger partial charge on any atom is -0.326 e. The van der Waals surface area contributed by atoms with E-state index in [1.165, 1.54) is 24.0 Å². The van der Waals surface area contributed by atoms with Crippen molar-refractivity contribution in [1.82, 2.24) is 5.32 Å². The van der Waals surface area contributed by atoms with Gasteiger partial charge in [-0.25, -0.2) is 0 Å². The second-order valence-corrected chi connectivity index (χ2v) is 5.08. The number of carbonyl (C=O) groups excluding carboxylic acids is 1. The number of benzene rings is 1. The van der Waals surface area contributed by atoms with E-state index in [0.29, 0.717) is 6.42 Å². The van der Waals surface area contributed by atoms with Crippen LogP contribution in [0.4, 0.5) is 5.69 Å². The standard InChI is InChI=1S/C14H18N2O/c17-14-8-12-11(4-1-5-13(12)16-14)7-10-3-2-6-15-9-10/h1,4-5,10,15H,2-3,6-9H2,(H,16,17). The van der Waals surface area contributed by atoms with Gasteiger partial charge >= 0.3 is 0 Å². The number of nitrogens with one attached hydrogen (secondary N) is 2. The van der Waals surface area contributed by atoms with Gasteiger partial charge in [-0.1, -0.05) is 12.1 Å². The number of fused-ring (bicyclic) bond motifs is 1. The van der Waals surface area contributed by atoms with E-state index in [1.807, 2.05) is 6.07 Å². The molecule has 3 heteroatoms. The van der Waals surface area contributed by atoms with Gasteiger partial charge in [0.25, 0.3) is 0 Å². The summed E-state index contributed by atoms with van der Waals surface area (Å²) in [6.07, 6.45) is 4.24. The summed E-state index contributed by atoms with van der Waals surface area (Å²) in [6.45, 7) is 2.27. The Bertz CT molecular complexity index is 436. The smallest absolute Gasteiger partial charge is 0.228 e. The SMILES string of the molecule is O=C1Cc2c(CC3CCCNC3)cccc2N1. The van der Waals surface area contributed by atoms with Gasteiger partial charge in [-0.15, -0.1) is 0 Å². The van der Waals surface area contributed by atoms with Crippen LogP contribution in [0.3, 0.4) is 0 Å². The Kier molecular flexibility index (Phi) is 2.85. The van der Waals surface area contributed by atoms with E-state index in [0.717, 1.165) is 31.1 Å². The van der Waals surface area contributed by atoms with E-state index < -0.39 is 0 Å². The quantitative estimate of drug-likeness (QED) is 0.812. The second-order valence-electron chi connectivity index (χ2n) is 5.08. The fourth-order valence-electron chi connectivity index (χ4n) is 2.92. The minimum absolute atomic E-state index is 0.134. The first-order valence-corrected chi connectivity index (χ1v) is 6.44. The largest absolute Gasteiger partial charge is 0.326 e. The summed E-state index contributed by atoms with van der Waals surface area (Å²) < 4.78 is 0. The van der Waals surface area contributed by atoms with Crippen molar-refractivity contribution in [3.63, 3.8) is 0 Å². The zero-order valence-corrected chi connectivity index (χ0v) is 9.96. The number of carbonyl (C=O) groups is 1. The van der Waals surface area contributed by atoms with Crippen molar-refractivity contribution in [3.05, 3.63) is 29.3 Å². The van der Waals surface area contributed by atoms with Crippen molar-refractivity contribution >= 4 is 11.6 Å². The molecule has 1 fully saturated rings. The lowest BCUT2D eigenvalue weighted by atomic mass is 9.89. The molecule has 1 atom stereocenters. The van der Waals surface area contributed by atoms with Crippen molar-refractivity contribution < 1.29 is 4.79 Å². The van der Waals surface area contributed by atoms with Crippen LogP contribution in [0.1, 0.15) is 24.0 Å². The molecular formula is C14H18N2O. The fraction of sp³-hybridized carbons (Fsp3) is 0.500. The van der Waals surface area contributed by atoms with Crippen LogP contribution in [-0.2, 0) is 17.6 Å². The summed E-state index contributed by atoms with van der Waals surface area (Å²) in [4.78, 5) is 11.4. The maximum Gasteiger partial charge on any atom is 0.228 e. The van der Waals surface area contributed by atoms with Crippen molar-refractivity contribution in [2.45, 2.75) is 25.7 Å². The van der Waals surface area contributed by atoms with Gasteiger partial charge in [0, 0.05) is 5.69 Å². The highest BCUT2D eigenvalue weighted by atomic mass is 16.1. The first-order valence-electron chi connectivity index (χ1n) is 6.44. The summed E-state index contributed by atoms with van der Waals surface area (Å²) in [5.74, 6) is 0.861. The molecule has 17 heavy (non-hydrogen) atoms. The molecule has 90 valence electrons. The lowest BCUT2D eigenvalue weighted by molar-refractivity contribution is -0.115. The molecule has 2 N–H and O–H groups in total. The number of amides is 1. The van der Waals surface area contributed by atoms with Crippen LogP contribution >= 0.6 is 0 Å². The van der Waals surface area contributed by atoms with Crippen LogP contribution in [0.15, 0.2) is 18.2 Å². The molecule has 3 rings (SSSR count). The van der Waals surface area contributed by atoms with E-state index in [4.69, 9.17) is 0 Å². The lowest BCUT2D eigenvalue weighted by Crippen LogP contribution is -2.31. The van der Waals surface area contributed by atoms with Crippen molar-refractivity contribution in [2.75, 3.05) is 18.4 Å². The van der Waals surface area contributed by atoms with Crippen LogP contribution in [0.5, 0.6) is 0 Å². The average molecular weight is 230 g/mol. The van der Waals surface area contributed by atoms with Gasteiger partial charge in [0.2, 0.25) is 5.91 Å². The van der Waals surface area contributed by atoms with Crippen LogP contribution in [0.25, 0.3) is 0 Å². The molecule has 1 aromatic rings. The Labute approximate surface area is 102 Å². The maximum absolute atomic E-state index is 11.4. The normalized spacial score (nSPS) is 23.3. The molecule has 2 aliphatic rings. The molecule has 1 unspecified atom stereocenters. The molecule has 0 spiro atoms. The Morgan fingerprint density at radius 3 is 3.12 bits per heavy atom. The Hall–Kier alpha value is -1.35. The predicted octanol–water partition coefficient (Wildman–Crippen LogP) is 1.72. The molecule has 1 aromatic carbocycles. The van der Waals surface area contributed by atoms with Gasteiger partial charge in [0.1, 0.15) is 0 Å². The summed E-state index contributed by atoms with van der Waals surface area (Å²) in [5.41, 5.74) is 3.61. The number of hydrogen-bond acceptors (Lipinski definition) is 2. The molecule has 0 aliphatic carbocycles. The molecule has 1 saturated heterocycles. The van der Waals surface area contributed by atoms with E-state index in [9.17, 15) is 4.79 Å². The van der Waals surface area contributed by atoms with E-state index in [1.54, 1.807) is 0 Å². The predicted molar refractivity (Wildman–Crippen MR) is 68.1 cm³/mol. The van der Waals surface area contributed by atoms with Crippen molar-refractivity contribution in [3.8, 4) is 0 Å². The number of piperidine rings is 1. The van der Waals surface area contributed by atoms with E-state index >= 15 is 0 Å². The van der Waals surface area contributed by atoms with Gasteiger partial charge in [0.15, 0.2) is 0 Å². The monoisotopic (exact) mass is 230 g/mol. The number of hydrogen-bond donors (Lipinski definition) is 2. The van der Waals surface area contributed by atoms with Gasteiger partial charge in [0.05, 0.1) is 6.42 Å². The van der Waals surface area contributed by atoms with Crippen LogP contribution in [-0.4, -0.2) is 19.0 Å². The van der Waals surface area contributed by atoms with E-state index in [-0.39, 0.29) is 5.91 Å². The molecule has 3 nitrogen and oxygen atoms in total. The zero-order chi connectivity index (χ0) is 11.7. The highest BCUT2D eigenvalue weighted by Gasteiger charge is 2.22. The Balaban J connectivity index is 1.79. The van der Waals surface area contributed by atoms with Gasteiger partial charge in [-0.05, 0) is 55.5 Å². The fourth-order valence-corrected chi connectivity index (χ4v) is 2.92. The lowest BCUT2D eigenvalue weighted by Gasteiger charge is -2.23. The first kappa shape index (κ1) is 10.8. The molecule has 2 heterocycles. The minimum atomic E-state index is 0.134. The third kappa shape index (κ3) is 2.20. The summed E-state index contributed by atoms with van der Waals surface area (Å²) >= 11 is 0. The van der Waals surface area contributed by atoms with Crippen LogP contribution < -0.4 is 10.6 Å². The first-order chi connectivity index (χ1) is 8.33. The molecule has 0 bridgehead atoms. The Morgan fingerprint density at radius 2 is 2.29 bits per heavy atom.